The van der Waals surface area contributed by atoms with E-state index in [1.54, 1.807) is 0 Å². The van der Waals surface area contributed by atoms with Crippen LogP contribution in [0.2, 0.25) is 0 Å². The molecule has 0 aromatic heterocycles. The van der Waals surface area contributed by atoms with Gasteiger partial charge in [-0.25, -0.2) is 0 Å². The minimum Gasteiger partial charge on any atom is -0.392 e. The van der Waals surface area contributed by atoms with Gasteiger partial charge in [-0.2, -0.15) is 0 Å². The number of hydrogen-bond acceptors (Lipinski definition) is 4. The molecule has 0 bridgehead atoms. The Hall–Kier alpha value is -0.160. The maximum Gasteiger partial charge on any atom is 0.0692 e. The number of aliphatic hydroxyl groups excluding tert-OH is 1. The number of hydrogen-bond donors (Lipinski definition) is 1. The predicted octanol–water partition coefficient (Wildman–Crippen LogP) is 2.03. The van der Waals surface area contributed by atoms with Crippen LogP contribution in [0, 0.1) is 0 Å². The topological polar surface area (TPSA) is 30.0 Å². The van der Waals surface area contributed by atoms with E-state index in [0.29, 0.717) is 12.1 Å². The van der Waals surface area contributed by atoms with Gasteiger partial charge in [0.2, 0.25) is 0 Å². The SMILES string of the molecule is CC[C@H](O)[C@H]1CCCCN1CCCN1CCN(C(C)C)CC1. The third-order valence-corrected chi connectivity index (χ3v) is 5.58. The van der Waals surface area contributed by atoms with Crippen LogP contribution >= 0.6 is 0 Å². The monoisotopic (exact) mass is 311 g/mol. The molecule has 0 aliphatic carbocycles. The van der Waals surface area contributed by atoms with Crippen LogP contribution < -0.4 is 0 Å². The van der Waals surface area contributed by atoms with E-state index in [4.69, 9.17) is 0 Å². The Kier molecular flexibility index (Phi) is 7.61. The molecule has 0 amide bonds. The molecule has 0 unspecified atom stereocenters. The molecule has 2 saturated heterocycles. The fourth-order valence-corrected chi connectivity index (χ4v) is 4.00. The van der Waals surface area contributed by atoms with Crippen molar-refractivity contribution in [1.29, 1.82) is 0 Å². The van der Waals surface area contributed by atoms with Crippen LogP contribution in [0.4, 0.5) is 0 Å². The molecule has 130 valence electrons. The Balaban J connectivity index is 1.67. The van der Waals surface area contributed by atoms with Crippen LogP contribution in [0.5, 0.6) is 0 Å². The van der Waals surface area contributed by atoms with Gasteiger partial charge in [0.05, 0.1) is 6.10 Å². The largest absolute Gasteiger partial charge is 0.392 e. The molecule has 2 fully saturated rings. The Morgan fingerprint density at radius 3 is 2.36 bits per heavy atom. The van der Waals surface area contributed by atoms with Gasteiger partial charge in [-0.05, 0) is 59.2 Å². The van der Waals surface area contributed by atoms with Crippen LogP contribution in [0.3, 0.4) is 0 Å². The van der Waals surface area contributed by atoms with Gasteiger partial charge in [-0.3, -0.25) is 9.80 Å². The Labute approximate surface area is 137 Å². The number of piperidine rings is 1. The van der Waals surface area contributed by atoms with Crippen molar-refractivity contribution in [3.8, 4) is 0 Å². The van der Waals surface area contributed by atoms with E-state index in [9.17, 15) is 5.11 Å². The second-order valence-electron chi connectivity index (χ2n) is 7.40. The lowest BCUT2D eigenvalue weighted by molar-refractivity contribution is 0.0208. The minimum absolute atomic E-state index is 0.130. The summed E-state index contributed by atoms with van der Waals surface area (Å²) >= 11 is 0. The molecule has 22 heavy (non-hydrogen) atoms. The number of rotatable bonds is 7. The van der Waals surface area contributed by atoms with E-state index < -0.39 is 0 Å². The molecule has 2 aliphatic heterocycles. The fraction of sp³-hybridized carbons (Fsp3) is 1.00. The molecule has 4 nitrogen and oxygen atoms in total. The summed E-state index contributed by atoms with van der Waals surface area (Å²) in [7, 11) is 0. The zero-order valence-electron chi connectivity index (χ0n) is 15.0. The maximum absolute atomic E-state index is 10.2. The highest BCUT2D eigenvalue weighted by atomic mass is 16.3. The van der Waals surface area contributed by atoms with Gasteiger partial charge in [0, 0.05) is 38.3 Å². The third kappa shape index (κ3) is 5.19. The Morgan fingerprint density at radius 1 is 1.00 bits per heavy atom. The molecule has 1 N–H and O–H groups in total. The fourth-order valence-electron chi connectivity index (χ4n) is 4.00. The lowest BCUT2D eigenvalue weighted by Gasteiger charge is -2.39. The van der Waals surface area contributed by atoms with Gasteiger partial charge >= 0.3 is 0 Å². The van der Waals surface area contributed by atoms with Gasteiger partial charge in [0.15, 0.2) is 0 Å². The first kappa shape index (κ1) is 18.2. The average molecular weight is 312 g/mol. The van der Waals surface area contributed by atoms with Gasteiger partial charge in [-0.15, -0.1) is 0 Å². The molecule has 0 radical (unpaired) electrons. The molecule has 2 heterocycles. The standard InChI is InChI=1S/C18H37N3O/c1-4-18(22)17-8-5-6-10-21(17)11-7-9-19-12-14-20(15-13-19)16(2)3/h16-18,22H,4-15H2,1-3H3/t17-,18+/m1/s1. The van der Waals surface area contributed by atoms with Crippen molar-refractivity contribution in [2.75, 3.05) is 45.8 Å². The van der Waals surface area contributed by atoms with E-state index >= 15 is 0 Å². The van der Waals surface area contributed by atoms with Crippen molar-refractivity contribution in [2.24, 2.45) is 0 Å². The number of aliphatic hydroxyl groups is 1. The lowest BCUT2D eigenvalue weighted by Crippen LogP contribution is -2.50. The molecule has 0 aromatic rings. The molecule has 0 saturated carbocycles. The summed E-state index contributed by atoms with van der Waals surface area (Å²) in [6.45, 7) is 15.1. The highest BCUT2D eigenvalue weighted by Crippen LogP contribution is 2.21. The Morgan fingerprint density at radius 2 is 1.73 bits per heavy atom. The van der Waals surface area contributed by atoms with Crippen LogP contribution in [0.15, 0.2) is 0 Å². The van der Waals surface area contributed by atoms with E-state index in [1.807, 2.05) is 0 Å². The zero-order valence-corrected chi connectivity index (χ0v) is 15.0. The predicted molar refractivity (Wildman–Crippen MR) is 93.3 cm³/mol. The maximum atomic E-state index is 10.2. The zero-order chi connectivity index (χ0) is 15.9. The van der Waals surface area contributed by atoms with Crippen LogP contribution in [-0.2, 0) is 0 Å². The van der Waals surface area contributed by atoms with Crippen molar-refractivity contribution >= 4 is 0 Å². The highest BCUT2D eigenvalue weighted by Gasteiger charge is 2.27. The average Bonchev–Trinajstić information content (AvgIpc) is 2.55. The van der Waals surface area contributed by atoms with E-state index in [1.165, 1.54) is 65.0 Å². The van der Waals surface area contributed by atoms with Crippen LogP contribution in [0.1, 0.15) is 52.9 Å². The quantitative estimate of drug-likeness (QED) is 0.779. The first-order valence-electron chi connectivity index (χ1n) is 9.50. The molecule has 4 heteroatoms. The van der Waals surface area contributed by atoms with Gasteiger partial charge in [0.25, 0.3) is 0 Å². The number of likely N-dealkylation sites (tertiary alicyclic amines) is 1. The van der Waals surface area contributed by atoms with Crippen molar-refractivity contribution in [1.82, 2.24) is 14.7 Å². The summed E-state index contributed by atoms with van der Waals surface area (Å²) in [5, 5.41) is 10.2. The number of nitrogens with zero attached hydrogens (tertiary/aromatic N) is 3. The summed E-state index contributed by atoms with van der Waals surface area (Å²) in [5.41, 5.74) is 0. The van der Waals surface area contributed by atoms with E-state index in [-0.39, 0.29) is 6.10 Å². The molecule has 2 aliphatic rings. The minimum atomic E-state index is -0.130. The summed E-state index contributed by atoms with van der Waals surface area (Å²) < 4.78 is 0. The van der Waals surface area contributed by atoms with Gasteiger partial charge < -0.3 is 10.0 Å². The summed E-state index contributed by atoms with van der Waals surface area (Å²) in [4.78, 5) is 7.75. The summed E-state index contributed by atoms with van der Waals surface area (Å²) in [5.74, 6) is 0. The van der Waals surface area contributed by atoms with E-state index in [0.717, 1.165) is 13.0 Å². The smallest absolute Gasteiger partial charge is 0.0692 e. The van der Waals surface area contributed by atoms with Gasteiger partial charge in [-0.1, -0.05) is 13.3 Å². The highest BCUT2D eigenvalue weighted by molar-refractivity contribution is 4.83. The van der Waals surface area contributed by atoms with E-state index in [2.05, 4.69) is 35.5 Å². The molecule has 2 rings (SSSR count). The van der Waals surface area contributed by atoms with Gasteiger partial charge in [0.1, 0.15) is 0 Å². The van der Waals surface area contributed by atoms with Crippen molar-refractivity contribution in [3.05, 3.63) is 0 Å². The first-order valence-corrected chi connectivity index (χ1v) is 9.50. The normalized spacial score (nSPS) is 27.4. The van der Waals surface area contributed by atoms with Crippen molar-refractivity contribution in [2.45, 2.75) is 71.1 Å². The second-order valence-corrected chi connectivity index (χ2v) is 7.40. The first-order chi connectivity index (χ1) is 10.6. The Bertz CT molecular complexity index is 303. The van der Waals surface area contributed by atoms with Crippen molar-refractivity contribution < 1.29 is 5.11 Å². The summed E-state index contributed by atoms with van der Waals surface area (Å²) in [6.07, 6.45) is 5.78. The molecule has 0 spiro atoms. The molecule has 2 atom stereocenters. The summed E-state index contributed by atoms with van der Waals surface area (Å²) in [6, 6.07) is 1.10. The second kappa shape index (κ2) is 9.21. The molecule has 0 aromatic carbocycles. The van der Waals surface area contributed by atoms with Crippen LogP contribution in [-0.4, -0.2) is 83.8 Å². The van der Waals surface area contributed by atoms with Crippen LogP contribution in [0.25, 0.3) is 0 Å². The van der Waals surface area contributed by atoms with Crippen molar-refractivity contribution in [3.63, 3.8) is 0 Å². The molecular formula is C18H37N3O. The third-order valence-electron chi connectivity index (χ3n) is 5.58. The lowest BCUT2D eigenvalue weighted by atomic mass is 9.96. The number of piperazine rings is 1. The molecular weight excluding hydrogens is 274 g/mol.